The average molecular weight is 415 g/mol. The average Bonchev–Trinajstić information content (AvgIpc) is 3.42. The quantitative estimate of drug-likeness (QED) is 0.564. The molecule has 0 aromatic heterocycles. The number of nitrogens with zero attached hydrogens (tertiary/aromatic N) is 1. The van der Waals surface area contributed by atoms with Crippen molar-refractivity contribution in [2.75, 3.05) is 26.2 Å². The second-order valence-electron chi connectivity index (χ2n) is 10.6. The lowest BCUT2D eigenvalue weighted by atomic mass is 10.0. The van der Waals surface area contributed by atoms with Crippen molar-refractivity contribution < 1.29 is 4.43 Å². The molecule has 1 aliphatic carbocycles. The van der Waals surface area contributed by atoms with Gasteiger partial charge in [-0.3, -0.25) is 0 Å². The fourth-order valence-corrected chi connectivity index (χ4v) is 5.11. The summed E-state index contributed by atoms with van der Waals surface area (Å²) >= 11 is 0. The molecule has 162 valence electrons. The first-order valence-electron chi connectivity index (χ1n) is 11.5. The lowest BCUT2D eigenvalue weighted by molar-refractivity contribution is 0.158. The van der Waals surface area contributed by atoms with E-state index in [0.717, 1.165) is 19.1 Å². The largest absolute Gasteiger partial charge is 0.416 e. The minimum Gasteiger partial charge on any atom is -0.416 e. The summed E-state index contributed by atoms with van der Waals surface area (Å²) in [4.78, 5) is 2.59. The van der Waals surface area contributed by atoms with Gasteiger partial charge in [-0.15, -0.1) is 0 Å². The van der Waals surface area contributed by atoms with Gasteiger partial charge in [-0.2, -0.15) is 0 Å². The molecule has 4 heteroatoms. The fraction of sp³-hybridized carbons (Fsp3) is 0.680. The van der Waals surface area contributed by atoms with E-state index in [2.05, 4.69) is 87.4 Å². The second kappa shape index (κ2) is 9.46. The molecule has 2 atom stereocenters. The van der Waals surface area contributed by atoms with Crippen LogP contribution >= 0.6 is 0 Å². The Hall–Kier alpha value is -0.943. The Morgan fingerprint density at radius 2 is 1.83 bits per heavy atom. The molecule has 0 spiro atoms. The number of hydrogen-bond donors (Lipinski definition) is 1. The smallest absolute Gasteiger partial charge is 0.192 e. The van der Waals surface area contributed by atoms with Crippen molar-refractivity contribution in [3.8, 4) is 0 Å². The van der Waals surface area contributed by atoms with Crippen LogP contribution in [-0.2, 0) is 4.43 Å². The number of hydrogen-bond acceptors (Lipinski definition) is 3. The molecule has 2 fully saturated rings. The van der Waals surface area contributed by atoms with E-state index in [9.17, 15) is 0 Å². The van der Waals surface area contributed by atoms with Gasteiger partial charge in [0.25, 0.3) is 0 Å². The molecule has 3 nitrogen and oxygen atoms in total. The van der Waals surface area contributed by atoms with Crippen LogP contribution in [0.15, 0.2) is 35.9 Å². The van der Waals surface area contributed by atoms with Gasteiger partial charge in [0, 0.05) is 25.2 Å². The van der Waals surface area contributed by atoms with Crippen LogP contribution < -0.4 is 5.32 Å². The molecule has 1 heterocycles. The first-order chi connectivity index (χ1) is 13.7. The van der Waals surface area contributed by atoms with Crippen LogP contribution in [0.1, 0.15) is 52.5 Å². The van der Waals surface area contributed by atoms with Crippen molar-refractivity contribution in [3.63, 3.8) is 0 Å². The third-order valence-electron chi connectivity index (χ3n) is 7.28. The molecule has 1 N–H and O–H groups in total. The van der Waals surface area contributed by atoms with Gasteiger partial charge in [-0.25, -0.2) is 0 Å². The maximum atomic E-state index is 6.36. The molecule has 1 saturated carbocycles. The molecule has 0 bridgehead atoms. The molecular weight excluding hydrogens is 372 g/mol. The highest BCUT2D eigenvalue weighted by atomic mass is 28.4. The fourth-order valence-electron chi connectivity index (χ4n) is 4.07. The van der Waals surface area contributed by atoms with Crippen molar-refractivity contribution in [1.82, 2.24) is 10.2 Å². The number of benzene rings is 1. The Balaban J connectivity index is 1.34. The summed E-state index contributed by atoms with van der Waals surface area (Å²) in [6.07, 6.45) is 6.20. The van der Waals surface area contributed by atoms with Gasteiger partial charge in [-0.05, 0) is 68.9 Å². The highest BCUT2D eigenvalue weighted by Crippen LogP contribution is 2.39. The van der Waals surface area contributed by atoms with Crippen molar-refractivity contribution in [2.24, 2.45) is 5.92 Å². The van der Waals surface area contributed by atoms with E-state index in [0.29, 0.717) is 17.1 Å². The third-order valence-corrected chi connectivity index (χ3v) is 11.8. The van der Waals surface area contributed by atoms with E-state index in [1.807, 2.05) is 0 Å². The summed E-state index contributed by atoms with van der Waals surface area (Å²) in [7, 11) is -1.61. The van der Waals surface area contributed by atoms with Crippen molar-refractivity contribution in [3.05, 3.63) is 41.5 Å². The molecule has 1 aliphatic heterocycles. The number of rotatable bonds is 8. The van der Waals surface area contributed by atoms with Crippen LogP contribution in [0, 0.1) is 5.92 Å². The van der Waals surface area contributed by atoms with E-state index < -0.39 is 8.32 Å². The Bertz CT molecular complexity index is 672. The van der Waals surface area contributed by atoms with E-state index in [1.54, 1.807) is 0 Å². The molecule has 1 aromatic carbocycles. The molecule has 2 unspecified atom stereocenters. The zero-order valence-electron chi connectivity index (χ0n) is 19.5. The van der Waals surface area contributed by atoms with Crippen LogP contribution in [-0.4, -0.2) is 51.5 Å². The lowest BCUT2D eigenvalue weighted by Gasteiger charge is -2.38. The first-order valence-corrected chi connectivity index (χ1v) is 14.4. The van der Waals surface area contributed by atoms with Crippen LogP contribution in [0.2, 0.25) is 18.1 Å². The van der Waals surface area contributed by atoms with Gasteiger partial charge < -0.3 is 14.6 Å². The first kappa shape index (κ1) is 22.7. The zero-order valence-corrected chi connectivity index (χ0v) is 20.5. The van der Waals surface area contributed by atoms with Gasteiger partial charge in [0.15, 0.2) is 8.32 Å². The van der Waals surface area contributed by atoms with Gasteiger partial charge in [-0.1, -0.05) is 62.8 Å². The standard InChI is InChI=1S/C25H42N2OSi/c1-20(18-21-10-8-7-9-11-21)23-19-24(23)26-22-12-14-27(15-13-22)16-17-28-29(5,6)25(2,3)4/h7-11,18,22-24,26H,12-17,19H2,1-6H3/b20-18+. The molecule has 1 saturated heterocycles. The Kier molecular flexibility index (Phi) is 7.42. The SMILES string of the molecule is C/C(=C\c1ccccc1)C1CC1NC1CCN(CCO[Si](C)(C)C(C)(C)C)CC1. The number of piperidine rings is 1. The zero-order chi connectivity index (χ0) is 21.1. The molecular formula is C25H42N2OSi. The molecule has 0 amide bonds. The topological polar surface area (TPSA) is 24.5 Å². The van der Waals surface area contributed by atoms with Crippen molar-refractivity contribution in [2.45, 2.75) is 77.2 Å². The molecule has 0 radical (unpaired) electrons. The predicted molar refractivity (Wildman–Crippen MR) is 128 cm³/mol. The van der Waals surface area contributed by atoms with Gasteiger partial charge in [0.2, 0.25) is 0 Å². The minimum absolute atomic E-state index is 0.303. The molecule has 29 heavy (non-hydrogen) atoms. The summed E-state index contributed by atoms with van der Waals surface area (Å²) < 4.78 is 6.36. The van der Waals surface area contributed by atoms with Crippen LogP contribution in [0.3, 0.4) is 0 Å². The summed E-state index contributed by atoms with van der Waals surface area (Å²) in [6.45, 7) is 18.3. The Labute approximate surface area is 180 Å². The highest BCUT2D eigenvalue weighted by molar-refractivity contribution is 6.74. The Morgan fingerprint density at radius 1 is 1.17 bits per heavy atom. The van der Waals surface area contributed by atoms with Crippen molar-refractivity contribution >= 4 is 14.4 Å². The van der Waals surface area contributed by atoms with Crippen molar-refractivity contribution in [1.29, 1.82) is 0 Å². The molecule has 1 aromatic rings. The highest BCUT2D eigenvalue weighted by Gasteiger charge is 2.40. The Morgan fingerprint density at radius 3 is 2.45 bits per heavy atom. The van der Waals surface area contributed by atoms with Crippen LogP contribution in [0.5, 0.6) is 0 Å². The number of likely N-dealkylation sites (tertiary alicyclic amines) is 1. The normalized spacial score (nSPS) is 24.7. The third kappa shape index (κ3) is 6.52. The van der Waals surface area contributed by atoms with E-state index in [-0.39, 0.29) is 0 Å². The number of nitrogens with one attached hydrogen (secondary N) is 1. The monoisotopic (exact) mass is 414 g/mol. The summed E-state index contributed by atoms with van der Waals surface area (Å²) in [6, 6.07) is 12.1. The maximum absolute atomic E-state index is 6.36. The summed E-state index contributed by atoms with van der Waals surface area (Å²) in [5.41, 5.74) is 2.85. The lowest BCUT2D eigenvalue weighted by Crippen LogP contribution is -2.46. The van der Waals surface area contributed by atoms with E-state index >= 15 is 0 Å². The van der Waals surface area contributed by atoms with Gasteiger partial charge >= 0.3 is 0 Å². The summed E-state index contributed by atoms with van der Waals surface area (Å²) in [5.74, 6) is 0.728. The van der Waals surface area contributed by atoms with Gasteiger partial charge in [0.1, 0.15) is 0 Å². The van der Waals surface area contributed by atoms with E-state index in [1.165, 1.54) is 43.5 Å². The molecule has 2 aliphatic rings. The second-order valence-corrected chi connectivity index (χ2v) is 15.4. The summed E-state index contributed by atoms with van der Waals surface area (Å²) in [5, 5.41) is 4.24. The minimum atomic E-state index is -1.61. The van der Waals surface area contributed by atoms with Crippen LogP contribution in [0.25, 0.3) is 6.08 Å². The van der Waals surface area contributed by atoms with E-state index in [4.69, 9.17) is 4.43 Å². The predicted octanol–water partition coefficient (Wildman–Crippen LogP) is 5.55. The van der Waals surface area contributed by atoms with Crippen LogP contribution in [0.4, 0.5) is 0 Å². The van der Waals surface area contributed by atoms with Gasteiger partial charge in [0.05, 0.1) is 0 Å². The molecule has 3 rings (SSSR count). The maximum Gasteiger partial charge on any atom is 0.192 e.